The number of rotatable bonds is 6. The fraction of sp³-hybridized carbons (Fsp3) is 0.700. The highest BCUT2D eigenvalue weighted by Crippen LogP contribution is 2.34. The van der Waals surface area contributed by atoms with E-state index in [1.165, 1.54) is 19.3 Å². The summed E-state index contributed by atoms with van der Waals surface area (Å²) in [4.78, 5) is 20.6. The van der Waals surface area contributed by atoms with Crippen LogP contribution in [0.2, 0.25) is 5.02 Å². The number of hydrogen-bond donors (Lipinski definition) is 1. The fourth-order valence-electron chi connectivity index (χ4n) is 4.01. The van der Waals surface area contributed by atoms with Crippen LogP contribution in [0.5, 0.6) is 0 Å². The summed E-state index contributed by atoms with van der Waals surface area (Å²) >= 11 is 6.03. The maximum absolute atomic E-state index is 12.8. The van der Waals surface area contributed by atoms with Crippen LogP contribution in [0.15, 0.2) is 12.3 Å². The lowest BCUT2D eigenvalue weighted by molar-refractivity contribution is -0.137. The average Bonchev–Trinajstić information content (AvgIpc) is 2.71. The van der Waals surface area contributed by atoms with Crippen LogP contribution in [0.1, 0.15) is 44.1 Å². The van der Waals surface area contributed by atoms with Gasteiger partial charge in [-0.1, -0.05) is 18.0 Å². The molecule has 0 aromatic carbocycles. The second-order valence-corrected chi connectivity index (χ2v) is 8.24. The van der Waals surface area contributed by atoms with E-state index in [2.05, 4.69) is 15.2 Å². The van der Waals surface area contributed by atoms with Gasteiger partial charge in [-0.05, 0) is 57.8 Å². The second-order valence-electron chi connectivity index (χ2n) is 7.84. The van der Waals surface area contributed by atoms with Gasteiger partial charge in [0.15, 0.2) is 0 Å². The lowest BCUT2D eigenvalue weighted by atomic mass is 9.96. The largest absolute Gasteiger partial charge is 0.417 e. The normalized spacial score (nSPS) is 19.4. The molecule has 162 valence electrons. The van der Waals surface area contributed by atoms with Crippen molar-refractivity contribution in [1.29, 1.82) is 0 Å². The van der Waals surface area contributed by atoms with Gasteiger partial charge >= 0.3 is 6.18 Å². The van der Waals surface area contributed by atoms with E-state index in [0.29, 0.717) is 38.3 Å². The molecule has 1 aromatic rings. The van der Waals surface area contributed by atoms with Crippen LogP contribution in [0.4, 0.5) is 19.0 Å². The molecule has 0 radical (unpaired) electrons. The minimum atomic E-state index is -4.46. The van der Waals surface area contributed by atoms with Crippen LogP contribution in [-0.4, -0.2) is 55.1 Å². The smallest absolute Gasteiger partial charge is 0.356 e. The SMILES string of the molecule is O=C(NCCCN1CCCCC1)C1CCN(c2ncc(C(F)(F)F)cc2Cl)CC1. The number of nitrogens with one attached hydrogen (secondary N) is 1. The first-order valence-electron chi connectivity index (χ1n) is 10.3. The van der Waals surface area contributed by atoms with Crippen LogP contribution >= 0.6 is 11.6 Å². The topological polar surface area (TPSA) is 48.5 Å². The Bertz CT molecular complexity index is 687. The first kappa shape index (κ1) is 22.2. The maximum atomic E-state index is 12.8. The summed E-state index contributed by atoms with van der Waals surface area (Å²) in [7, 11) is 0. The predicted octanol–water partition coefficient (Wildman–Crippen LogP) is 3.96. The molecule has 9 heteroatoms. The molecular weight excluding hydrogens is 405 g/mol. The van der Waals surface area contributed by atoms with Crippen molar-refractivity contribution in [3.8, 4) is 0 Å². The van der Waals surface area contributed by atoms with Gasteiger partial charge in [-0.25, -0.2) is 4.98 Å². The lowest BCUT2D eigenvalue weighted by Crippen LogP contribution is -2.41. The van der Waals surface area contributed by atoms with Crippen molar-refractivity contribution in [1.82, 2.24) is 15.2 Å². The number of hydrogen-bond acceptors (Lipinski definition) is 4. The van der Waals surface area contributed by atoms with E-state index in [1.807, 2.05) is 4.90 Å². The standard InChI is InChI=1S/C20H28ClF3N4O/c21-17-13-16(20(22,23)24)14-26-18(17)28-11-5-15(6-12-28)19(29)25-7-4-10-27-8-2-1-3-9-27/h13-15H,1-12H2,(H,25,29). The Kier molecular flexibility index (Phi) is 7.62. The molecule has 1 N–H and O–H groups in total. The Morgan fingerprint density at radius 2 is 1.86 bits per heavy atom. The summed E-state index contributed by atoms with van der Waals surface area (Å²) in [5.41, 5.74) is -0.856. The van der Waals surface area contributed by atoms with Crippen molar-refractivity contribution in [2.45, 2.75) is 44.7 Å². The van der Waals surface area contributed by atoms with Crippen LogP contribution in [0.25, 0.3) is 0 Å². The molecule has 2 aliphatic heterocycles. The number of pyridine rings is 1. The fourth-order valence-corrected chi connectivity index (χ4v) is 4.30. The van der Waals surface area contributed by atoms with Crippen LogP contribution in [-0.2, 0) is 11.0 Å². The number of anilines is 1. The highest BCUT2D eigenvalue weighted by atomic mass is 35.5. The molecule has 0 atom stereocenters. The summed E-state index contributed by atoms with van der Waals surface area (Å²) in [5, 5.41) is 3.02. The van der Waals surface area contributed by atoms with Gasteiger partial charge in [0, 0.05) is 31.7 Å². The molecule has 0 spiro atoms. The van der Waals surface area contributed by atoms with Crippen molar-refractivity contribution >= 4 is 23.3 Å². The molecule has 2 aliphatic rings. The molecule has 2 saturated heterocycles. The molecule has 1 amide bonds. The first-order valence-corrected chi connectivity index (χ1v) is 10.7. The van der Waals surface area contributed by atoms with Crippen molar-refractivity contribution in [3.05, 3.63) is 22.8 Å². The zero-order valence-electron chi connectivity index (χ0n) is 16.5. The van der Waals surface area contributed by atoms with Crippen molar-refractivity contribution in [2.75, 3.05) is 44.2 Å². The Balaban J connectivity index is 1.41. The monoisotopic (exact) mass is 432 g/mol. The number of alkyl halides is 3. The number of carbonyl (C=O) groups is 1. The molecule has 3 rings (SSSR count). The first-order chi connectivity index (χ1) is 13.8. The Morgan fingerprint density at radius 3 is 2.48 bits per heavy atom. The molecular formula is C20H28ClF3N4O. The predicted molar refractivity (Wildman–Crippen MR) is 107 cm³/mol. The molecule has 2 fully saturated rings. The zero-order valence-corrected chi connectivity index (χ0v) is 17.2. The van der Waals surface area contributed by atoms with E-state index in [9.17, 15) is 18.0 Å². The molecule has 5 nitrogen and oxygen atoms in total. The molecule has 0 aliphatic carbocycles. The van der Waals surface area contributed by atoms with Crippen molar-refractivity contribution in [2.24, 2.45) is 5.92 Å². The number of amides is 1. The van der Waals surface area contributed by atoms with Crippen LogP contribution in [0.3, 0.4) is 0 Å². The van der Waals surface area contributed by atoms with E-state index in [4.69, 9.17) is 11.6 Å². The number of carbonyl (C=O) groups excluding carboxylic acids is 1. The summed E-state index contributed by atoms with van der Waals surface area (Å²) in [5.74, 6) is 0.337. The van der Waals surface area contributed by atoms with E-state index in [1.54, 1.807) is 0 Å². The molecule has 1 aromatic heterocycles. The minimum Gasteiger partial charge on any atom is -0.356 e. The van der Waals surface area contributed by atoms with Crippen molar-refractivity contribution in [3.63, 3.8) is 0 Å². The quantitative estimate of drug-likeness (QED) is 0.691. The van der Waals surface area contributed by atoms with E-state index >= 15 is 0 Å². The van der Waals surface area contributed by atoms with E-state index < -0.39 is 11.7 Å². The maximum Gasteiger partial charge on any atom is 0.417 e. The summed E-state index contributed by atoms with van der Waals surface area (Å²) in [6.07, 6.45) is 2.42. The number of aromatic nitrogens is 1. The minimum absolute atomic E-state index is 0.0135. The average molecular weight is 433 g/mol. The van der Waals surface area contributed by atoms with Crippen molar-refractivity contribution < 1.29 is 18.0 Å². The lowest BCUT2D eigenvalue weighted by Gasteiger charge is -2.32. The third-order valence-electron chi connectivity index (χ3n) is 5.71. The molecule has 0 bridgehead atoms. The third-order valence-corrected chi connectivity index (χ3v) is 5.99. The van der Waals surface area contributed by atoms with Crippen LogP contribution in [0, 0.1) is 5.92 Å². The highest BCUT2D eigenvalue weighted by molar-refractivity contribution is 6.33. The van der Waals surface area contributed by atoms with Gasteiger partial charge in [0.05, 0.1) is 10.6 Å². The summed E-state index contributed by atoms with van der Waals surface area (Å²) < 4.78 is 38.3. The summed E-state index contributed by atoms with van der Waals surface area (Å²) in [6, 6.07) is 0.908. The van der Waals surface area contributed by atoms with Gasteiger partial charge < -0.3 is 15.1 Å². The number of nitrogens with zero attached hydrogens (tertiary/aromatic N) is 3. The van der Waals surface area contributed by atoms with Gasteiger partial charge in [-0.2, -0.15) is 13.2 Å². The van der Waals surface area contributed by atoms with Gasteiger partial charge in [0.1, 0.15) is 5.82 Å². The van der Waals surface area contributed by atoms with Gasteiger partial charge in [-0.3, -0.25) is 4.79 Å². The number of piperidine rings is 2. The molecule has 0 unspecified atom stereocenters. The zero-order chi connectivity index (χ0) is 20.9. The van der Waals surface area contributed by atoms with Gasteiger partial charge in [-0.15, -0.1) is 0 Å². The van der Waals surface area contributed by atoms with Gasteiger partial charge in [0.2, 0.25) is 5.91 Å². The Hall–Kier alpha value is -1.54. The molecule has 29 heavy (non-hydrogen) atoms. The van der Waals surface area contributed by atoms with E-state index in [-0.39, 0.29) is 16.8 Å². The molecule has 0 saturated carbocycles. The Labute approximate surface area is 174 Å². The number of likely N-dealkylation sites (tertiary alicyclic amines) is 1. The molecule has 3 heterocycles. The highest BCUT2D eigenvalue weighted by Gasteiger charge is 2.33. The van der Waals surface area contributed by atoms with Gasteiger partial charge in [0.25, 0.3) is 0 Å². The Morgan fingerprint density at radius 1 is 1.17 bits per heavy atom. The second kappa shape index (κ2) is 9.98. The van der Waals surface area contributed by atoms with E-state index in [0.717, 1.165) is 38.3 Å². The summed E-state index contributed by atoms with van der Waals surface area (Å²) in [6.45, 7) is 5.12. The van der Waals surface area contributed by atoms with Crippen LogP contribution < -0.4 is 10.2 Å². The third kappa shape index (κ3) is 6.22. The number of halogens is 4.